The Morgan fingerprint density at radius 2 is 1.62 bits per heavy atom. The van der Waals surface area contributed by atoms with Gasteiger partial charge >= 0.3 is 0 Å². The molecule has 3 aromatic rings. The van der Waals surface area contributed by atoms with Crippen molar-refractivity contribution in [2.75, 3.05) is 6.26 Å². The molecule has 0 saturated carbocycles. The van der Waals surface area contributed by atoms with E-state index in [1.165, 1.54) is 6.26 Å². The standard InChI is InChI=1S/C16H16N4O3S/c1-24(22,23)15-8-4-12(5-9-15)10-16-17-18-19-20(16)14-6-2-13(11-21)3-7-14/h2-9,21H,10-11H2,1H3. The van der Waals surface area contributed by atoms with Gasteiger partial charge in [-0.25, -0.2) is 8.42 Å². The second kappa shape index (κ2) is 6.50. The number of nitrogens with zero attached hydrogens (tertiary/aromatic N) is 4. The number of hydrogen-bond acceptors (Lipinski definition) is 6. The van der Waals surface area contributed by atoms with Crippen LogP contribution < -0.4 is 0 Å². The third-order valence-corrected chi connectivity index (χ3v) is 4.74. The molecule has 8 heteroatoms. The number of hydrogen-bond donors (Lipinski definition) is 1. The molecule has 124 valence electrons. The average molecular weight is 344 g/mol. The van der Waals surface area contributed by atoms with Crippen LogP contribution in [0.2, 0.25) is 0 Å². The van der Waals surface area contributed by atoms with Crippen LogP contribution in [0, 0.1) is 0 Å². The lowest BCUT2D eigenvalue weighted by molar-refractivity contribution is 0.282. The van der Waals surface area contributed by atoms with E-state index in [0.717, 1.165) is 16.8 Å². The highest BCUT2D eigenvalue weighted by Crippen LogP contribution is 2.15. The number of rotatable bonds is 5. The lowest BCUT2D eigenvalue weighted by atomic mass is 10.1. The van der Waals surface area contributed by atoms with Crippen molar-refractivity contribution in [3.63, 3.8) is 0 Å². The van der Waals surface area contributed by atoms with E-state index in [-0.39, 0.29) is 11.5 Å². The summed E-state index contributed by atoms with van der Waals surface area (Å²) < 4.78 is 24.6. The van der Waals surface area contributed by atoms with Crippen molar-refractivity contribution >= 4 is 9.84 Å². The summed E-state index contributed by atoms with van der Waals surface area (Å²) in [7, 11) is -3.21. The molecule has 1 aromatic heterocycles. The number of tetrazole rings is 1. The molecule has 7 nitrogen and oxygen atoms in total. The van der Waals surface area contributed by atoms with Crippen LogP contribution in [0.3, 0.4) is 0 Å². The Kier molecular flexibility index (Phi) is 4.41. The molecular formula is C16H16N4O3S. The molecule has 0 radical (unpaired) electrons. The summed E-state index contributed by atoms with van der Waals surface area (Å²) in [6, 6.07) is 13.9. The fourth-order valence-corrected chi connectivity index (χ4v) is 2.93. The van der Waals surface area contributed by atoms with E-state index in [4.69, 9.17) is 5.11 Å². The smallest absolute Gasteiger partial charge is 0.175 e. The highest BCUT2D eigenvalue weighted by Gasteiger charge is 2.11. The summed E-state index contributed by atoms with van der Waals surface area (Å²) in [6.45, 7) is -0.0184. The first-order valence-corrected chi connectivity index (χ1v) is 9.13. The molecule has 2 aromatic carbocycles. The molecule has 0 atom stereocenters. The summed E-state index contributed by atoms with van der Waals surface area (Å²) in [5, 5.41) is 20.8. The van der Waals surface area contributed by atoms with Gasteiger partial charge in [0.25, 0.3) is 0 Å². The van der Waals surface area contributed by atoms with Gasteiger partial charge < -0.3 is 5.11 Å². The first-order chi connectivity index (χ1) is 11.5. The molecular weight excluding hydrogens is 328 g/mol. The van der Waals surface area contributed by atoms with Crippen molar-refractivity contribution in [3.8, 4) is 5.69 Å². The number of benzene rings is 2. The van der Waals surface area contributed by atoms with Crippen molar-refractivity contribution in [1.29, 1.82) is 0 Å². The minimum atomic E-state index is -3.21. The Hall–Kier alpha value is -2.58. The lowest BCUT2D eigenvalue weighted by Crippen LogP contribution is -2.04. The Morgan fingerprint density at radius 3 is 2.21 bits per heavy atom. The van der Waals surface area contributed by atoms with Gasteiger partial charge in [-0.1, -0.05) is 24.3 Å². The van der Waals surface area contributed by atoms with Crippen molar-refractivity contribution < 1.29 is 13.5 Å². The number of sulfone groups is 1. The van der Waals surface area contributed by atoms with Gasteiger partial charge in [-0.2, -0.15) is 4.68 Å². The van der Waals surface area contributed by atoms with Gasteiger partial charge in [0.1, 0.15) is 0 Å². The predicted octanol–water partition coefficient (Wildman–Crippen LogP) is 1.15. The van der Waals surface area contributed by atoms with E-state index in [2.05, 4.69) is 15.5 Å². The van der Waals surface area contributed by atoms with Gasteiger partial charge in [-0.15, -0.1) is 5.10 Å². The van der Waals surface area contributed by atoms with Crippen molar-refractivity contribution in [2.45, 2.75) is 17.9 Å². The summed E-state index contributed by atoms with van der Waals surface area (Å²) in [4.78, 5) is 0.283. The molecule has 0 saturated heterocycles. The fraction of sp³-hybridized carbons (Fsp3) is 0.188. The van der Waals surface area contributed by atoms with E-state index >= 15 is 0 Å². The van der Waals surface area contributed by atoms with Gasteiger partial charge in [0, 0.05) is 12.7 Å². The molecule has 0 aliphatic rings. The summed E-state index contributed by atoms with van der Waals surface area (Å²) >= 11 is 0. The van der Waals surface area contributed by atoms with E-state index in [1.807, 2.05) is 24.3 Å². The Labute approximate surface area is 139 Å². The van der Waals surface area contributed by atoms with E-state index < -0.39 is 9.84 Å². The third kappa shape index (κ3) is 3.50. The summed E-state index contributed by atoms with van der Waals surface area (Å²) in [6.07, 6.45) is 1.65. The maximum absolute atomic E-state index is 11.5. The summed E-state index contributed by atoms with van der Waals surface area (Å²) in [5.41, 5.74) is 2.51. The van der Waals surface area contributed by atoms with Gasteiger partial charge in [-0.3, -0.25) is 0 Å². The molecule has 3 rings (SSSR count). The average Bonchev–Trinajstić information content (AvgIpc) is 3.03. The predicted molar refractivity (Wildman–Crippen MR) is 87.4 cm³/mol. The van der Waals surface area contributed by atoms with Crippen LogP contribution in [0.25, 0.3) is 5.69 Å². The normalized spacial score (nSPS) is 11.6. The van der Waals surface area contributed by atoms with Crippen molar-refractivity contribution in [1.82, 2.24) is 20.2 Å². The van der Waals surface area contributed by atoms with Crippen LogP contribution in [0.1, 0.15) is 17.0 Å². The molecule has 0 amide bonds. The zero-order chi connectivity index (χ0) is 17.2. The van der Waals surface area contributed by atoms with E-state index in [9.17, 15) is 8.42 Å². The Bertz CT molecular complexity index is 932. The fourth-order valence-electron chi connectivity index (χ4n) is 2.30. The molecule has 0 aliphatic carbocycles. The van der Waals surface area contributed by atoms with E-state index in [0.29, 0.717) is 12.2 Å². The van der Waals surface area contributed by atoms with Crippen LogP contribution in [0.15, 0.2) is 53.4 Å². The first kappa shape index (κ1) is 16.3. The maximum atomic E-state index is 11.5. The molecule has 1 N–H and O–H groups in total. The second-order valence-electron chi connectivity index (χ2n) is 5.42. The number of aliphatic hydroxyl groups is 1. The van der Waals surface area contributed by atoms with Gasteiger partial charge in [0.05, 0.1) is 17.2 Å². The van der Waals surface area contributed by atoms with Crippen LogP contribution in [0.4, 0.5) is 0 Å². The van der Waals surface area contributed by atoms with Crippen LogP contribution >= 0.6 is 0 Å². The topological polar surface area (TPSA) is 98.0 Å². The monoisotopic (exact) mass is 344 g/mol. The van der Waals surface area contributed by atoms with Crippen molar-refractivity contribution in [2.24, 2.45) is 0 Å². The van der Waals surface area contributed by atoms with Crippen molar-refractivity contribution in [3.05, 3.63) is 65.5 Å². The lowest BCUT2D eigenvalue weighted by Gasteiger charge is -2.06. The second-order valence-corrected chi connectivity index (χ2v) is 7.44. The quantitative estimate of drug-likeness (QED) is 0.745. The minimum absolute atomic E-state index is 0.0184. The van der Waals surface area contributed by atoms with Crippen LogP contribution in [-0.4, -0.2) is 40.0 Å². The molecule has 0 fully saturated rings. The highest BCUT2D eigenvalue weighted by molar-refractivity contribution is 7.90. The maximum Gasteiger partial charge on any atom is 0.175 e. The third-order valence-electron chi connectivity index (χ3n) is 3.61. The minimum Gasteiger partial charge on any atom is -0.392 e. The van der Waals surface area contributed by atoms with Gasteiger partial charge in [0.2, 0.25) is 0 Å². The zero-order valence-corrected chi connectivity index (χ0v) is 13.8. The number of aromatic nitrogens is 4. The molecule has 0 unspecified atom stereocenters. The molecule has 0 bridgehead atoms. The van der Waals surface area contributed by atoms with Crippen LogP contribution in [-0.2, 0) is 22.9 Å². The van der Waals surface area contributed by atoms with E-state index in [1.54, 1.807) is 28.9 Å². The largest absolute Gasteiger partial charge is 0.392 e. The van der Waals surface area contributed by atoms with Gasteiger partial charge in [-0.05, 0) is 45.8 Å². The SMILES string of the molecule is CS(=O)(=O)c1ccc(Cc2nnnn2-c2ccc(CO)cc2)cc1. The first-order valence-electron chi connectivity index (χ1n) is 7.24. The zero-order valence-electron chi connectivity index (χ0n) is 13.0. The Morgan fingerprint density at radius 1 is 1.00 bits per heavy atom. The highest BCUT2D eigenvalue weighted by atomic mass is 32.2. The van der Waals surface area contributed by atoms with Crippen LogP contribution in [0.5, 0.6) is 0 Å². The Balaban J connectivity index is 1.85. The molecule has 1 heterocycles. The summed E-state index contributed by atoms with van der Waals surface area (Å²) in [5.74, 6) is 0.638. The molecule has 0 aliphatic heterocycles. The molecule has 24 heavy (non-hydrogen) atoms. The number of aliphatic hydroxyl groups excluding tert-OH is 1. The van der Waals surface area contributed by atoms with Gasteiger partial charge in [0.15, 0.2) is 15.7 Å². The molecule has 0 spiro atoms.